The lowest BCUT2D eigenvalue weighted by Gasteiger charge is -2.35. The average molecular weight is 480 g/mol. The van der Waals surface area contributed by atoms with Gasteiger partial charge in [-0.25, -0.2) is 9.59 Å². The second-order valence-electron chi connectivity index (χ2n) is 8.83. The summed E-state index contributed by atoms with van der Waals surface area (Å²) in [4.78, 5) is 40.3. The van der Waals surface area contributed by atoms with Crippen molar-refractivity contribution in [2.45, 2.75) is 40.2 Å². The monoisotopic (exact) mass is 479 g/mol. The summed E-state index contributed by atoms with van der Waals surface area (Å²) in [6.45, 7) is 8.44. The number of nitrogens with zero attached hydrogens (tertiary/aromatic N) is 1. The number of anilines is 1. The van der Waals surface area contributed by atoms with E-state index in [-0.39, 0.29) is 24.5 Å². The van der Waals surface area contributed by atoms with Crippen LogP contribution in [-0.4, -0.2) is 43.1 Å². The van der Waals surface area contributed by atoms with E-state index in [0.717, 1.165) is 6.42 Å². The van der Waals surface area contributed by atoms with Crippen molar-refractivity contribution in [3.05, 3.63) is 70.9 Å². The Hall–Kier alpha value is -3.81. The van der Waals surface area contributed by atoms with Crippen molar-refractivity contribution in [2.24, 2.45) is 5.92 Å². The van der Waals surface area contributed by atoms with Gasteiger partial charge in [-0.3, -0.25) is 9.69 Å². The highest BCUT2D eigenvalue weighted by atomic mass is 16.5. The first kappa shape index (κ1) is 25.8. The minimum atomic E-state index is -0.701. The molecule has 0 fully saturated rings. The van der Waals surface area contributed by atoms with Crippen molar-refractivity contribution in [1.82, 2.24) is 10.2 Å². The quantitative estimate of drug-likeness (QED) is 0.499. The number of rotatable bonds is 9. The first-order chi connectivity index (χ1) is 16.7. The fourth-order valence-corrected chi connectivity index (χ4v) is 3.85. The predicted molar refractivity (Wildman–Crippen MR) is 134 cm³/mol. The maximum absolute atomic E-state index is 13.1. The van der Waals surface area contributed by atoms with Crippen LogP contribution in [0.5, 0.6) is 5.75 Å². The molecule has 2 aromatic rings. The second kappa shape index (κ2) is 11.6. The molecule has 8 nitrogen and oxygen atoms in total. The second-order valence-corrected chi connectivity index (χ2v) is 8.83. The molecule has 0 aromatic heterocycles. The zero-order valence-electron chi connectivity index (χ0n) is 20.9. The van der Waals surface area contributed by atoms with Gasteiger partial charge in [0.2, 0.25) is 0 Å². The zero-order valence-corrected chi connectivity index (χ0v) is 20.9. The number of carbonyl (C=O) groups is 3. The predicted octanol–water partition coefficient (Wildman–Crippen LogP) is 4.90. The molecule has 1 unspecified atom stereocenters. The molecule has 0 radical (unpaired) electrons. The van der Waals surface area contributed by atoms with E-state index in [0.29, 0.717) is 40.4 Å². The van der Waals surface area contributed by atoms with Crippen molar-refractivity contribution in [1.29, 1.82) is 0 Å². The molecule has 186 valence electrons. The molecule has 1 atom stereocenters. The van der Waals surface area contributed by atoms with E-state index in [4.69, 9.17) is 9.47 Å². The highest BCUT2D eigenvalue weighted by Crippen LogP contribution is 2.32. The molecule has 0 bridgehead atoms. The Bertz CT molecular complexity index is 1110. The van der Waals surface area contributed by atoms with Crippen LogP contribution < -0.4 is 15.4 Å². The van der Waals surface area contributed by atoms with Crippen LogP contribution in [0.3, 0.4) is 0 Å². The summed E-state index contributed by atoms with van der Waals surface area (Å²) in [5, 5.41) is 5.82. The van der Waals surface area contributed by atoms with Crippen LogP contribution in [0.15, 0.2) is 59.8 Å². The lowest BCUT2D eigenvalue weighted by Crippen LogP contribution is -2.48. The van der Waals surface area contributed by atoms with Gasteiger partial charge >= 0.3 is 12.0 Å². The molecule has 0 aliphatic carbocycles. The molecule has 8 heteroatoms. The topological polar surface area (TPSA) is 97.0 Å². The molecule has 1 heterocycles. The van der Waals surface area contributed by atoms with Gasteiger partial charge in [0, 0.05) is 23.5 Å². The summed E-state index contributed by atoms with van der Waals surface area (Å²) < 4.78 is 10.7. The molecule has 2 aromatic carbocycles. The summed E-state index contributed by atoms with van der Waals surface area (Å²) in [6, 6.07) is 12.9. The van der Waals surface area contributed by atoms with Gasteiger partial charge < -0.3 is 20.1 Å². The molecule has 35 heavy (non-hydrogen) atoms. The third-order valence-corrected chi connectivity index (χ3v) is 5.64. The maximum atomic E-state index is 13.1. The van der Waals surface area contributed by atoms with Crippen LogP contribution in [0.25, 0.3) is 0 Å². The number of carbonyl (C=O) groups excluding carboxylic acids is 3. The van der Waals surface area contributed by atoms with Crippen molar-refractivity contribution in [2.75, 3.05) is 25.6 Å². The highest BCUT2D eigenvalue weighted by molar-refractivity contribution is 6.04. The Labute approximate surface area is 206 Å². The molecular weight excluding hydrogens is 446 g/mol. The summed E-state index contributed by atoms with van der Waals surface area (Å²) in [5.74, 6) is 0.0948. The maximum Gasteiger partial charge on any atom is 0.338 e. The molecule has 0 spiro atoms. The number of ether oxygens (including phenoxy) is 2. The van der Waals surface area contributed by atoms with E-state index in [9.17, 15) is 14.4 Å². The number of amides is 3. The molecule has 3 amide bonds. The van der Waals surface area contributed by atoms with Crippen molar-refractivity contribution in [3.63, 3.8) is 0 Å². The van der Waals surface area contributed by atoms with Crippen LogP contribution in [0.1, 0.15) is 56.1 Å². The normalized spacial score (nSPS) is 15.7. The van der Waals surface area contributed by atoms with E-state index in [2.05, 4.69) is 10.6 Å². The van der Waals surface area contributed by atoms with Gasteiger partial charge in [-0.1, -0.05) is 32.9 Å². The van der Waals surface area contributed by atoms with Gasteiger partial charge in [0.25, 0.3) is 5.91 Å². The van der Waals surface area contributed by atoms with Crippen molar-refractivity contribution >= 4 is 23.6 Å². The van der Waals surface area contributed by atoms with Gasteiger partial charge in [-0.2, -0.15) is 0 Å². The Morgan fingerprint density at radius 1 is 1.14 bits per heavy atom. The largest absolute Gasteiger partial charge is 0.497 e. The number of hydrogen-bond acceptors (Lipinski definition) is 5. The summed E-state index contributed by atoms with van der Waals surface area (Å²) in [5.41, 5.74) is 2.64. The minimum absolute atomic E-state index is 0.180. The highest BCUT2D eigenvalue weighted by Gasteiger charge is 2.36. The molecule has 1 aliphatic rings. The number of urea groups is 1. The van der Waals surface area contributed by atoms with Gasteiger partial charge in [0.05, 0.1) is 25.3 Å². The Balaban J connectivity index is 1.90. The van der Waals surface area contributed by atoms with Gasteiger partial charge in [-0.05, 0) is 61.2 Å². The van der Waals surface area contributed by atoms with Crippen LogP contribution in [0.2, 0.25) is 0 Å². The van der Waals surface area contributed by atoms with E-state index >= 15 is 0 Å². The molecule has 0 saturated heterocycles. The van der Waals surface area contributed by atoms with E-state index < -0.39 is 12.0 Å². The molecule has 0 saturated carbocycles. The molecule has 2 N–H and O–H groups in total. The lowest BCUT2D eigenvalue weighted by molar-refractivity contribution is -0.140. The number of methoxy groups -OCH3 is 1. The SMILES string of the molecule is CCCN1C(=O)NC(c2cccc(NC(=O)c3ccc(OC)cc3)c2)C(C(=O)OCC(C)C)=C1C. The molecule has 3 rings (SSSR count). The zero-order chi connectivity index (χ0) is 25.5. The summed E-state index contributed by atoms with van der Waals surface area (Å²) in [7, 11) is 1.56. The number of esters is 1. The minimum Gasteiger partial charge on any atom is -0.497 e. The summed E-state index contributed by atoms with van der Waals surface area (Å²) >= 11 is 0. The van der Waals surface area contributed by atoms with E-state index in [1.807, 2.05) is 26.8 Å². The standard InChI is InChI=1S/C27H33N3O5/c1-6-14-30-18(4)23(26(32)35-16-17(2)3)24(29-27(30)33)20-8-7-9-21(15-20)28-25(31)19-10-12-22(34-5)13-11-19/h7-13,15,17,24H,6,14,16H2,1-5H3,(H,28,31)(H,29,33). The number of allylic oxidation sites excluding steroid dienone is 1. The van der Waals surface area contributed by atoms with Crippen LogP contribution in [0.4, 0.5) is 10.5 Å². The number of nitrogens with one attached hydrogen (secondary N) is 2. The third-order valence-electron chi connectivity index (χ3n) is 5.64. The number of hydrogen-bond donors (Lipinski definition) is 2. The van der Waals surface area contributed by atoms with Crippen LogP contribution in [-0.2, 0) is 9.53 Å². The fraction of sp³-hybridized carbons (Fsp3) is 0.370. The van der Waals surface area contributed by atoms with E-state index in [1.54, 1.807) is 61.4 Å². The van der Waals surface area contributed by atoms with Gasteiger partial charge in [0.15, 0.2) is 0 Å². The Morgan fingerprint density at radius 3 is 2.49 bits per heavy atom. The first-order valence-electron chi connectivity index (χ1n) is 11.8. The Kier molecular flexibility index (Phi) is 8.52. The smallest absolute Gasteiger partial charge is 0.338 e. The average Bonchev–Trinajstić information content (AvgIpc) is 2.85. The number of benzene rings is 2. The van der Waals surface area contributed by atoms with Crippen molar-refractivity contribution in [3.8, 4) is 5.75 Å². The van der Waals surface area contributed by atoms with Crippen molar-refractivity contribution < 1.29 is 23.9 Å². The first-order valence-corrected chi connectivity index (χ1v) is 11.8. The van der Waals surface area contributed by atoms with Crippen LogP contribution >= 0.6 is 0 Å². The molecular formula is C27H33N3O5. The lowest BCUT2D eigenvalue weighted by atomic mass is 9.94. The third kappa shape index (κ3) is 6.20. The van der Waals surface area contributed by atoms with Gasteiger partial charge in [0.1, 0.15) is 5.75 Å². The van der Waals surface area contributed by atoms with Crippen LogP contribution in [0, 0.1) is 5.92 Å². The summed E-state index contributed by atoms with van der Waals surface area (Å²) in [6.07, 6.45) is 0.747. The van der Waals surface area contributed by atoms with E-state index in [1.165, 1.54) is 0 Å². The van der Waals surface area contributed by atoms with Gasteiger partial charge in [-0.15, -0.1) is 0 Å². The Morgan fingerprint density at radius 2 is 1.86 bits per heavy atom. The molecule has 1 aliphatic heterocycles. The fourth-order valence-electron chi connectivity index (χ4n) is 3.85.